The van der Waals surface area contributed by atoms with Gasteiger partial charge in [-0.3, -0.25) is 4.79 Å². The number of anilines is 1. The van der Waals surface area contributed by atoms with Crippen molar-refractivity contribution in [3.05, 3.63) is 65.4 Å². The number of aromatic nitrogens is 1. The summed E-state index contributed by atoms with van der Waals surface area (Å²) in [5.41, 5.74) is 4.92. The van der Waals surface area contributed by atoms with Gasteiger partial charge in [-0.05, 0) is 49.1 Å². The highest BCUT2D eigenvalue weighted by Gasteiger charge is 2.14. The molecule has 0 aliphatic carbocycles. The van der Waals surface area contributed by atoms with Gasteiger partial charge in [0, 0.05) is 28.9 Å². The fourth-order valence-electron chi connectivity index (χ4n) is 3.02. The van der Waals surface area contributed by atoms with E-state index in [-0.39, 0.29) is 5.91 Å². The minimum Gasteiger partial charge on any atom is -0.350 e. The maximum Gasteiger partial charge on any atom is 0.268 e. The zero-order valence-electron chi connectivity index (χ0n) is 16.0. The van der Waals surface area contributed by atoms with Crippen LogP contribution < -0.4 is 10.0 Å². The number of benzene rings is 2. The van der Waals surface area contributed by atoms with Crippen LogP contribution in [-0.2, 0) is 6.42 Å². The molecule has 1 heterocycles. The Morgan fingerprint density at radius 3 is 2.74 bits per heavy atom. The van der Waals surface area contributed by atoms with E-state index < -0.39 is 0 Å². The second kappa shape index (κ2) is 9.51. The molecule has 0 saturated heterocycles. The molecular formula is C22H27N3OS. The van der Waals surface area contributed by atoms with E-state index >= 15 is 0 Å². The molecule has 0 fully saturated rings. The van der Waals surface area contributed by atoms with Crippen LogP contribution in [0.2, 0.25) is 0 Å². The second-order valence-electron chi connectivity index (χ2n) is 6.68. The lowest BCUT2D eigenvalue weighted by Crippen LogP contribution is -2.26. The molecule has 0 aliphatic heterocycles. The molecule has 5 heteroatoms. The molecule has 3 rings (SSSR count). The Morgan fingerprint density at radius 2 is 1.96 bits per heavy atom. The standard InChI is InChI=1S/C22H27N3OS/c1-3-4-14-27-25-18-10-11-20-19(15-18)16(2)21(24-20)22(26)23-13-12-17-8-6-5-7-9-17/h5-11,15,24-25H,3-4,12-14H2,1-2H3,(H,23,26). The quantitative estimate of drug-likeness (QED) is 0.348. The summed E-state index contributed by atoms with van der Waals surface area (Å²) in [6.45, 7) is 4.82. The summed E-state index contributed by atoms with van der Waals surface area (Å²) < 4.78 is 3.39. The molecule has 0 atom stereocenters. The predicted molar refractivity (Wildman–Crippen MR) is 117 cm³/mol. The SMILES string of the molecule is CCCCSNc1ccc2[nH]c(C(=O)NCCc3ccccc3)c(C)c2c1. The normalized spacial score (nSPS) is 10.9. The number of rotatable bonds is 9. The van der Waals surface area contributed by atoms with Crippen molar-refractivity contribution in [2.24, 2.45) is 0 Å². The fraction of sp³-hybridized carbons (Fsp3) is 0.318. The average molecular weight is 382 g/mol. The summed E-state index contributed by atoms with van der Waals surface area (Å²) in [5, 5.41) is 4.11. The number of carbonyl (C=O) groups excluding carboxylic acids is 1. The van der Waals surface area contributed by atoms with Crippen LogP contribution in [0, 0.1) is 6.92 Å². The van der Waals surface area contributed by atoms with E-state index in [4.69, 9.17) is 0 Å². The van der Waals surface area contributed by atoms with E-state index in [1.54, 1.807) is 11.9 Å². The first-order valence-electron chi connectivity index (χ1n) is 9.51. The third kappa shape index (κ3) is 5.07. The number of unbranched alkanes of at least 4 members (excludes halogenated alkanes) is 1. The highest BCUT2D eigenvalue weighted by Crippen LogP contribution is 2.26. The van der Waals surface area contributed by atoms with Crippen LogP contribution in [0.1, 0.15) is 41.4 Å². The van der Waals surface area contributed by atoms with Gasteiger partial charge in [0.1, 0.15) is 5.69 Å². The largest absolute Gasteiger partial charge is 0.350 e. The Hall–Kier alpha value is -2.40. The Bertz CT molecular complexity index is 889. The number of amides is 1. The number of nitrogens with one attached hydrogen (secondary N) is 3. The van der Waals surface area contributed by atoms with Gasteiger partial charge in [-0.25, -0.2) is 0 Å². The molecule has 0 spiro atoms. The molecule has 27 heavy (non-hydrogen) atoms. The van der Waals surface area contributed by atoms with E-state index in [2.05, 4.69) is 40.1 Å². The molecule has 1 amide bonds. The highest BCUT2D eigenvalue weighted by atomic mass is 32.2. The topological polar surface area (TPSA) is 56.9 Å². The molecule has 0 radical (unpaired) electrons. The summed E-state index contributed by atoms with van der Waals surface area (Å²) in [6, 6.07) is 16.4. The minimum absolute atomic E-state index is 0.0496. The second-order valence-corrected chi connectivity index (χ2v) is 7.58. The van der Waals surface area contributed by atoms with Crippen molar-refractivity contribution in [2.75, 3.05) is 17.0 Å². The van der Waals surface area contributed by atoms with Crippen molar-refractivity contribution in [3.63, 3.8) is 0 Å². The summed E-state index contributed by atoms with van der Waals surface area (Å²) >= 11 is 1.73. The van der Waals surface area contributed by atoms with Gasteiger partial charge in [-0.2, -0.15) is 0 Å². The molecule has 0 unspecified atom stereocenters. The number of fused-ring (bicyclic) bond motifs is 1. The monoisotopic (exact) mass is 381 g/mol. The molecule has 0 aliphatic rings. The average Bonchev–Trinajstić information content (AvgIpc) is 3.02. The number of H-pyrrole nitrogens is 1. The van der Waals surface area contributed by atoms with Gasteiger partial charge in [0.25, 0.3) is 5.91 Å². The summed E-state index contributed by atoms with van der Waals surface area (Å²) in [7, 11) is 0. The van der Waals surface area contributed by atoms with Crippen molar-refractivity contribution < 1.29 is 4.79 Å². The minimum atomic E-state index is -0.0496. The number of carbonyl (C=O) groups is 1. The molecule has 3 aromatic rings. The highest BCUT2D eigenvalue weighted by molar-refractivity contribution is 8.00. The van der Waals surface area contributed by atoms with Gasteiger partial charge < -0.3 is 15.0 Å². The van der Waals surface area contributed by atoms with E-state index in [0.717, 1.165) is 34.3 Å². The number of aromatic amines is 1. The van der Waals surface area contributed by atoms with Gasteiger partial charge in [0.15, 0.2) is 0 Å². The third-order valence-corrected chi connectivity index (χ3v) is 5.49. The van der Waals surface area contributed by atoms with Gasteiger partial charge in [0.2, 0.25) is 0 Å². The number of hydrogen-bond acceptors (Lipinski definition) is 3. The van der Waals surface area contributed by atoms with E-state index in [1.807, 2.05) is 37.3 Å². The molecule has 4 nitrogen and oxygen atoms in total. The van der Waals surface area contributed by atoms with Crippen LogP contribution in [0.15, 0.2) is 48.5 Å². The zero-order valence-corrected chi connectivity index (χ0v) is 16.8. The maximum absolute atomic E-state index is 12.6. The first kappa shape index (κ1) is 19.4. The Kier molecular flexibility index (Phi) is 6.82. The first-order chi connectivity index (χ1) is 13.2. The van der Waals surface area contributed by atoms with Gasteiger partial charge in [-0.15, -0.1) is 0 Å². The Morgan fingerprint density at radius 1 is 1.15 bits per heavy atom. The lowest BCUT2D eigenvalue weighted by atomic mass is 10.1. The Labute approximate surface area is 165 Å². The molecule has 1 aromatic heterocycles. The molecule has 0 saturated carbocycles. The maximum atomic E-state index is 12.6. The van der Waals surface area contributed by atoms with Crippen LogP contribution in [-0.4, -0.2) is 23.2 Å². The lowest BCUT2D eigenvalue weighted by molar-refractivity contribution is 0.0949. The van der Waals surface area contributed by atoms with Crippen molar-refractivity contribution in [1.29, 1.82) is 0 Å². The van der Waals surface area contributed by atoms with E-state index in [9.17, 15) is 4.79 Å². The predicted octanol–water partition coefficient (Wildman–Crippen LogP) is 5.31. The van der Waals surface area contributed by atoms with Crippen molar-refractivity contribution in [2.45, 2.75) is 33.1 Å². The summed E-state index contributed by atoms with van der Waals surface area (Å²) in [4.78, 5) is 15.9. The van der Waals surface area contributed by atoms with Crippen molar-refractivity contribution in [3.8, 4) is 0 Å². The molecule has 3 N–H and O–H groups in total. The molecule has 142 valence electrons. The van der Waals surface area contributed by atoms with Gasteiger partial charge in [0.05, 0.1) is 0 Å². The van der Waals surface area contributed by atoms with Crippen LogP contribution in [0.4, 0.5) is 5.69 Å². The van der Waals surface area contributed by atoms with Crippen LogP contribution in [0.5, 0.6) is 0 Å². The van der Waals surface area contributed by atoms with Crippen molar-refractivity contribution in [1.82, 2.24) is 10.3 Å². The first-order valence-corrected chi connectivity index (χ1v) is 10.5. The lowest BCUT2D eigenvalue weighted by Gasteiger charge is -2.05. The van der Waals surface area contributed by atoms with Gasteiger partial charge in [-0.1, -0.05) is 55.6 Å². The summed E-state index contributed by atoms with van der Waals surface area (Å²) in [6.07, 6.45) is 3.23. The zero-order chi connectivity index (χ0) is 19.1. The van der Waals surface area contributed by atoms with Crippen LogP contribution in [0.25, 0.3) is 10.9 Å². The third-order valence-electron chi connectivity index (χ3n) is 4.62. The smallest absolute Gasteiger partial charge is 0.268 e. The number of hydrogen-bond donors (Lipinski definition) is 3. The Balaban J connectivity index is 1.63. The molecule has 2 aromatic carbocycles. The summed E-state index contributed by atoms with van der Waals surface area (Å²) in [5.74, 6) is 1.04. The van der Waals surface area contributed by atoms with E-state index in [1.165, 1.54) is 18.4 Å². The van der Waals surface area contributed by atoms with Crippen LogP contribution >= 0.6 is 11.9 Å². The molecule has 0 bridgehead atoms. The fourth-order valence-corrected chi connectivity index (χ4v) is 3.85. The van der Waals surface area contributed by atoms with Gasteiger partial charge >= 0.3 is 0 Å². The van der Waals surface area contributed by atoms with Crippen molar-refractivity contribution >= 4 is 34.4 Å². The number of aryl methyl sites for hydroxylation is 1. The van der Waals surface area contributed by atoms with Crippen LogP contribution in [0.3, 0.4) is 0 Å². The molecular weight excluding hydrogens is 354 g/mol. The van der Waals surface area contributed by atoms with E-state index in [0.29, 0.717) is 12.2 Å².